The lowest BCUT2D eigenvalue weighted by Crippen LogP contribution is -2.21. The van der Waals surface area contributed by atoms with Crippen LogP contribution in [-0.4, -0.2) is 18.5 Å². The van der Waals surface area contributed by atoms with Gasteiger partial charge in [-0.2, -0.15) is 0 Å². The summed E-state index contributed by atoms with van der Waals surface area (Å²) >= 11 is 1.57. The fraction of sp³-hybridized carbons (Fsp3) is 0.200. The Balaban J connectivity index is 1.36. The van der Waals surface area contributed by atoms with Gasteiger partial charge in [0.2, 0.25) is 0 Å². The third kappa shape index (κ3) is 5.10. The quantitative estimate of drug-likeness (QED) is 0.537. The molecule has 3 aromatic carbocycles. The van der Waals surface area contributed by atoms with E-state index >= 15 is 0 Å². The van der Waals surface area contributed by atoms with Gasteiger partial charge in [-0.1, -0.05) is 48.2 Å². The van der Waals surface area contributed by atoms with Crippen LogP contribution in [0.2, 0.25) is 0 Å². The van der Waals surface area contributed by atoms with Gasteiger partial charge < -0.3 is 10.1 Å². The second kappa shape index (κ2) is 9.63. The molecule has 0 radical (unpaired) electrons. The van der Waals surface area contributed by atoms with E-state index < -0.39 is 5.97 Å². The lowest BCUT2D eigenvalue weighted by molar-refractivity contribution is -0.119. The number of fused-ring (bicyclic) bond motifs is 1. The number of ether oxygens (including phenoxy) is 1. The van der Waals surface area contributed by atoms with Crippen LogP contribution < -0.4 is 5.32 Å². The minimum absolute atomic E-state index is 0.319. The highest BCUT2D eigenvalue weighted by molar-refractivity contribution is 7.99. The summed E-state index contributed by atoms with van der Waals surface area (Å²) in [7, 11) is 0. The Morgan fingerprint density at radius 1 is 0.867 bits per heavy atom. The van der Waals surface area contributed by atoms with E-state index in [1.807, 2.05) is 66.7 Å². The molecule has 1 N–H and O–H groups in total. The van der Waals surface area contributed by atoms with E-state index in [2.05, 4.69) is 5.32 Å². The van der Waals surface area contributed by atoms with E-state index in [0.717, 1.165) is 29.1 Å². The van der Waals surface area contributed by atoms with Crippen LogP contribution in [0.15, 0.2) is 82.6 Å². The molecule has 0 aromatic heterocycles. The van der Waals surface area contributed by atoms with E-state index in [1.165, 1.54) is 17.5 Å². The molecule has 0 bridgehead atoms. The first-order chi connectivity index (χ1) is 14.7. The minimum Gasteiger partial charge on any atom is -0.452 e. The van der Waals surface area contributed by atoms with Crippen molar-refractivity contribution in [2.24, 2.45) is 0 Å². The van der Waals surface area contributed by atoms with Gasteiger partial charge in [-0.3, -0.25) is 4.79 Å². The predicted molar refractivity (Wildman–Crippen MR) is 119 cm³/mol. The first kappa shape index (κ1) is 20.2. The number of hydrogen-bond donors (Lipinski definition) is 1. The molecule has 152 valence electrons. The Bertz CT molecular complexity index is 1050. The molecule has 0 saturated heterocycles. The molecule has 5 heteroatoms. The average molecular weight is 418 g/mol. The van der Waals surface area contributed by atoms with Crippen molar-refractivity contribution in [3.63, 3.8) is 0 Å². The normalized spacial score (nSPS) is 12.7. The number of rotatable bonds is 6. The average Bonchev–Trinajstić information content (AvgIpc) is 2.79. The second-order valence-corrected chi connectivity index (χ2v) is 8.34. The van der Waals surface area contributed by atoms with Gasteiger partial charge in [0, 0.05) is 9.79 Å². The second-order valence-electron chi connectivity index (χ2n) is 7.23. The summed E-state index contributed by atoms with van der Waals surface area (Å²) in [6.45, 7) is -0.319. The number of carbonyl (C=O) groups is 2. The SMILES string of the molecule is O=C(COC(=O)c1ccc2c(c1)CCCC2)Nc1ccccc1Sc1ccccc1. The fourth-order valence-electron chi connectivity index (χ4n) is 3.54. The molecule has 0 atom stereocenters. The number of para-hydroxylation sites is 1. The van der Waals surface area contributed by atoms with Crippen molar-refractivity contribution in [3.05, 3.63) is 89.5 Å². The van der Waals surface area contributed by atoms with Gasteiger partial charge in [0.15, 0.2) is 6.61 Å². The number of esters is 1. The van der Waals surface area contributed by atoms with E-state index in [-0.39, 0.29) is 12.5 Å². The zero-order chi connectivity index (χ0) is 20.8. The van der Waals surface area contributed by atoms with Crippen molar-refractivity contribution in [2.45, 2.75) is 35.5 Å². The largest absolute Gasteiger partial charge is 0.452 e. The summed E-state index contributed by atoms with van der Waals surface area (Å²) in [6.07, 6.45) is 4.40. The maximum Gasteiger partial charge on any atom is 0.338 e. The Morgan fingerprint density at radius 2 is 1.60 bits per heavy atom. The number of amides is 1. The summed E-state index contributed by atoms with van der Waals surface area (Å²) < 4.78 is 5.25. The van der Waals surface area contributed by atoms with E-state index in [9.17, 15) is 9.59 Å². The first-order valence-electron chi connectivity index (χ1n) is 10.1. The molecule has 1 aliphatic rings. The zero-order valence-corrected chi connectivity index (χ0v) is 17.4. The lowest BCUT2D eigenvalue weighted by Gasteiger charge is -2.16. The molecular weight excluding hydrogens is 394 g/mol. The Kier molecular flexibility index (Phi) is 6.50. The molecule has 4 nitrogen and oxygen atoms in total. The predicted octanol–water partition coefficient (Wildman–Crippen LogP) is 5.51. The topological polar surface area (TPSA) is 55.4 Å². The van der Waals surface area contributed by atoms with E-state index in [4.69, 9.17) is 4.74 Å². The van der Waals surface area contributed by atoms with Crippen LogP contribution >= 0.6 is 11.8 Å². The van der Waals surface area contributed by atoms with Crippen LogP contribution in [0.4, 0.5) is 5.69 Å². The van der Waals surface area contributed by atoms with E-state index in [1.54, 1.807) is 17.8 Å². The number of aryl methyl sites for hydroxylation is 2. The van der Waals surface area contributed by atoms with Crippen molar-refractivity contribution >= 4 is 29.3 Å². The third-order valence-corrected chi connectivity index (χ3v) is 6.13. The van der Waals surface area contributed by atoms with Crippen LogP contribution in [-0.2, 0) is 22.4 Å². The molecule has 0 spiro atoms. The number of anilines is 1. The van der Waals surface area contributed by atoms with Gasteiger partial charge in [0.25, 0.3) is 5.91 Å². The van der Waals surface area contributed by atoms with Gasteiger partial charge in [-0.05, 0) is 73.2 Å². The summed E-state index contributed by atoms with van der Waals surface area (Å²) in [5.74, 6) is -0.826. The van der Waals surface area contributed by atoms with Crippen molar-refractivity contribution in [1.29, 1.82) is 0 Å². The Labute approximate surface area is 180 Å². The summed E-state index contributed by atoms with van der Waals surface area (Å²) in [6, 6.07) is 23.2. The van der Waals surface area contributed by atoms with Gasteiger partial charge >= 0.3 is 5.97 Å². The highest BCUT2D eigenvalue weighted by atomic mass is 32.2. The maximum absolute atomic E-state index is 12.4. The van der Waals surface area contributed by atoms with Gasteiger partial charge in [0.05, 0.1) is 11.3 Å². The monoisotopic (exact) mass is 417 g/mol. The molecule has 1 amide bonds. The fourth-order valence-corrected chi connectivity index (χ4v) is 4.46. The van der Waals surface area contributed by atoms with Crippen molar-refractivity contribution in [3.8, 4) is 0 Å². The highest BCUT2D eigenvalue weighted by Crippen LogP contribution is 2.33. The lowest BCUT2D eigenvalue weighted by atomic mass is 9.90. The summed E-state index contributed by atoms with van der Waals surface area (Å²) in [4.78, 5) is 26.8. The molecule has 0 aliphatic heterocycles. The molecule has 0 saturated carbocycles. The molecular formula is C25H23NO3S. The van der Waals surface area contributed by atoms with Crippen LogP contribution in [0.1, 0.15) is 34.3 Å². The Hall–Kier alpha value is -3.05. The Morgan fingerprint density at radius 3 is 2.43 bits per heavy atom. The standard InChI is InChI=1S/C25H23NO3S/c27-24(17-29-25(28)20-15-14-18-8-4-5-9-19(18)16-20)26-22-12-6-7-13-23(22)30-21-10-2-1-3-11-21/h1-3,6-7,10-16H,4-5,8-9,17H2,(H,26,27). The number of nitrogens with one attached hydrogen (secondary N) is 1. The molecule has 3 aromatic rings. The molecule has 0 fully saturated rings. The van der Waals surface area contributed by atoms with Crippen LogP contribution in [0.25, 0.3) is 0 Å². The van der Waals surface area contributed by atoms with Crippen LogP contribution in [0, 0.1) is 0 Å². The number of carbonyl (C=O) groups excluding carboxylic acids is 2. The van der Waals surface area contributed by atoms with Gasteiger partial charge in [-0.25, -0.2) is 4.79 Å². The zero-order valence-electron chi connectivity index (χ0n) is 16.6. The highest BCUT2D eigenvalue weighted by Gasteiger charge is 2.15. The van der Waals surface area contributed by atoms with Crippen molar-refractivity contribution in [2.75, 3.05) is 11.9 Å². The van der Waals surface area contributed by atoms with Crippen LogP contribution in [0.3, 0.4) is 0 Å². The minimum atomic E-state index is -0.467. The summed E-state index contributed by atoms with van der Waals surface area (Å²) in [5.41, 5.74) is 3.72. The molecule has 1 aliphatic carbocycles. The number of hydrogen-bond acceptors (Lipinski definition) is 4. The number of benzene rings is 3. The smallest absolute Gasteiger partial charge is 0.338 e. The van der Waals surface area contributed by atoms with Crippen molar-refractivity contribution < 1.29 is 14.3 Å². The van der Waals surface area contributed by atoms with Crippen LogP contribution in [0.5, 0.6) is 0 Å². The van der Waals surface area contributed by atoms with E-state index in [0.29, 0.717) is 11.3 Å². The van der Waals surface area contributed by atoms with Gasteiger partial charge in [-0.15, -0.1) is 0 Å². The molecule has 0 heterocycles. The molecule has 30 heavy (non-hydrogen) atoms. The third-order valence-electron chi connectivity index (χ3n) is 5.05. The maximum atomic E-state index is 12.4. The van der Waals surface area contributed by atoms with Gasteiger partial charge in [0.1, 0.15) is 0 Å². The molecule has 0 unspecified atom stereocenters. The molecule has 4 rings (SSSR count). The summed E-state index contributed by atoms with van der Waals surface area (Å²) in [5, 5.41) is 2.85. The van der Waals surface area contributed by atoms with Crippen molar-refractivity contribution in [1.82, 2.24) is 0 Å². The first-order valence-corrected chi connectivity index (χ1v) is 10.9.